The summed E-state index contributed by atoms with van der Waals surface area (Å²) >= 11 is 1.58. The highest BCUT2D eigenvalue weighted by molar-refractivity contribution is 7.07. The number of hydrogen-bond donors (Lipinski definition) is 2. The van der Waals surface area contributed by atoms with Crippen LogP contribution in [0.5, 0.6) is 0 Å². The lowest BCUT2D eigenvalue weighted by atomic mass is 9.84. The fourth-order valence-electron chi connectivity index (χ4n) is 1.75. The molecular weight excluding hydrogens is 262 g/mol. The number of aliphatic carboxylic acids is 1. The van der Waals surface area contributed by atoms with Crippen molar-refractivity contribution in [2.75, 3.05) is 6.54 Å². The molecule has 1 rings (SSSR count). The van der Waals surface area contributed by atoms with E-state index in [0.717, 1.165) is 12.0 Å². The summed E-state index contributed by atoms with van der Waals surface area (Å²) in [6, 6.07) is 1.95. The van der Waals surface area contributed by atoms with Crippen LogP contribution >= 0.6 is 11.3 Å². The molecule has 0 saturated carbocycles. The van der Waals surface area contributed by atoms with Crippen molar-refractivity contribution in [2.24, 2.45) is 5.41 Å². The van der Waals surface area contributed by atoms with Gasteiger partial charge in [-0.05, 0) is 40.6 Å². The molecule has 0 spiro atoms. The lowest BCUT2D eigenvalue weighted by Gasteiger charge is -2.23. The molecule has 4 nitrogen and oxygen atoms in total. The molecule has 0 saturated heterocycles. The normalized spacial score (nSPS) is 11.3. The van der Waals surface area contributed by atoms with Gasteiger partial charge in [-0.1, -0.05) is 13.8 Å². The van der Waals surface area contributed by atoms with Crippen LogP contribution in [0.15, 0.2) is 16.8 Å². The molecule has 0 atom stereocenters. The Bertz CT molecular complexity index is 412. The van der Waals surface area contributed by atoms with Crippen LogP contribution in [0.25, 0.3) is 0 Å². The van der Waals surface area contributed by atoms with Crippen molar-refractivity contribution in [3.63, 3.8) is 0 Å². The predicted octanol–water partition coefficient (Wildman–Crippen LogP) is 2.69. The fraction of sp³-hybridized carbons (Fsp3) is 0.571. The van der Waals surface area contributed by atoms with E-state index in [9.17, 15) is 9.59 Å². The van der Waals surface area contributed by atoms with Crippen LogP contribution in [0.3, 0.4) is 0 Å². The highest BCUT2D eigenvalue weighted by atomic mass is 32.1. The minimum absolute atomic E-state index is 0.0208. The van der Waals surface area contributed by atoms with Crippen LogP contribution in [0.2, 0.25) is 0 Å². The van der Waals surface area contributed by atoms with Gasteiger partial charge in [0.25, 0.3) is 0 Å². The Balaban J connectivity index is 2.21. The van der Waals surface area contributed by atoms with Gasteiger partial charge in [0, 0.05) is 13.0 Å². The molecule has 1 aromatic rings. The summed E-state index contributed by atoms with van der Waals surface area (Å²) in [5.74, 6) is -0.748. The van der Waals surface area contributed by atoms with Crippen LogP contribution in [0.4, 0.5) is 0 Å². The van der Waals surface area contributed by atoms with Gasteiger partial charge < -0.3 is 10.4 Å². The SMILES string of the molecule is CC(C)(CCNC(=O)Cc1ccsc1)CCC(=O)O. The van der Waals surface area contributed by atoms with Crippen molar-refractivity contribution in [2.45, 2.75) is 39.5 Å². The molecule has 1 amide bonds. The Hall–Kier alpha value is -1.36. The zero-order valence-electron chi connectivity index (χ0n) is 11.4. The molecule has 0 aliphatic heterocycles. The molecule has 5 heteroatoms. The molecule has 2 N–H and O–H groups in total. The van der Waals surface area contributed by atoms with Crippen LogP contribution in [-0.2, 0) is 16.0 Å². The molecule has 106 valence electrons. The van der Waals surface area contributed by atoms with Crippen LogP contribution in [0.1, 0.15) is 38.7 Å². The van der Waals surface area contributed by atoms with Gasteiger partial charge in [0.1, 0.15) is 0 Å². The zero-order chi connectivity index (χ0) is 14.3. The lowest BCUT2D eigenvalue weighted by molar-refractivity contribution is -0.137. The molecular formula is C14H21NO3S. The third-order valence-corrected chi connectivity index (χ3v) is 3.82. The minimum Gasteiger partial charge on any atom is -0.481 e. The topological polar surface area (TPSA) is 66.4 Å². The molecule has 0 aliphatic rings. The zero-order valence-corrected chi connectivity index (χ0v) is 12.3. The molecule has 0 fully saturated rings. The molecule has 19 heavy (non-hydrogen) atoms. The van der Waals surface area contributed by atoms with E-state index in [0.29, 0.717) is 19.4 Å². The van der Waals surface area contributed by atoms with Crippen LogP contribution in [-0.4, -0.2) is 23.5 Å². The summed E-state index contributed by atoms with van der Waals surface area (Å²) in [4.78, 5) is 22.2. The van der Waals surface area contributed by atoms with E-state index in [1.165, 1.54) is 0 Å². The second-order valence-corrected chi connectivity index (χ2v) is 6.25. The Morgan fingerprint density at radius 1 is 1.37 bits per heavy atom. The first kappa shape index (κ1) is 15.7. The maximum Gasteiger partial charge on any atom is 0.303 e. The average Bonchev–Trinajstić information content (AvgIpc) is 2.79. The largest absolute Gasteiger partial charge is 0.481 e. The highest BCUT2D eigenvalue weighted by Gasteiger charge is 2.19. The van der Waals surface area contributed by atoms with E-state index in [1.807, 2.05) is 30.7 Å². The average molecular weight is 283 g/mol. The van der Waals surface area contributed by atoms with Crippen molar-refractivity contribution < 1.29 is 14.7 Å². The summed E-state index contributed by atoms with van der Waals surface area (Å²) in [6.07, 6.45) is 2.01. The van der Waals surface area contributed by atoms with E-state index < -0.39 is 5.97 Å². The summed E-state index contributed by atoms with van der Waals surface area (Å²) in [5, 5.41) is 15.5. The van der Waals surface area contributed by atoms with Crippen molar-refractivity contribution in [3.05, 3.63) is 22.4 Å². The van der Waals surface area contributed by atoms with Crippen LogP contribution in [0, 0.1) is 5.41 Å². The first-order valence-corrected chi connectivity index (χ1v) is 7.33. The smallest absolute Gasteiger partial charge is 0.303 e. The first-order valence-electron chi connectivity index (χ1n) is 6.39. The van der Waals surface area contributed by atoms with Gasteiger partial charge in [-0.25, -0.2) is 0 Å². The third-order valence-electron chi connectivity index (χ3n) is 3.08. The number of amides is 1. The van der Waals surface area contributed by atoms with Gasteiger partial charge in [-0.15, -0.1) is 0 Å². The molecule has 0 unspecified atom stereocenters. The summed E-state index contributed by atoms with van der Waals surface area (Å²) < 4.78 is 0. The number of carbonyl (C=O) groups is 2. The van der Waals surface area contributed by atoms with Crippen molar-refractivity contribution in [3.8, 4) is 0 Å². The summed E-state index contributed by atoms with van der Waals surface area (Å²) in [6.45, 7) is 4.65. The predicted molar refractivity (Wildman–Crippen MR) is 76.3 cm³/mol. The molecule has 1 aromatic heterocycles. The van der Waals surface area contributed by atoms with Crippen molar-refractivity contribution >= 4 is 23.2 Å². The molecule has 1 heterocycles. The van der Waals surface area contributed by atoms with E-state index in [1.54, 1.807) is 11.3 Å². The molecule has 0 aromatic carbocycles. The number of carbonyl (C=O) groups excluding carboxylic acids is 1. The van der Waals surface area contributed by atoms with E-state index in [2.05, 4.69) is 5.32 Å². The Kier molecular flexibility index (Phi) is 6.02. The van der Waals surface area contributed by atoms with Gasteiger partial charge in [0.2, 0.25) is 5.91 Å². The van der Waals surface area contributed by atoms with Gasteiger partial charge in [-0.3, -0.25) is 9.59 Å². The molecule has 0 radical (unpaired) electrons. The highest BCUT2D eigenvalue weighted by Crippen LogP contribution is 2.25. The van der Waals surface area contributed by atoms with Crippen molar-refractivity contribution in [1.82, 2.24) is 5.32 Å². The van der Waals surface area contributed by atoms with Gasteiger partial charge in [0.15, 0.2) is 0 Å². The number of carboxylic acids is 1. The maximum atomic E-state index is 11.7. The monoisotopic (exact) mass is 283 g/mol. The Morgan fingerprint density at radius 3 is 2.68 bits per heavy atom. The van der Waals surface area contributed by atoms with Gasteiger partial charge in [0.05, 0.1) is 6.42 Å². The number of nitrogens with one attached hydrogen (secondary N) is 1. The molecule has 0 bridgehead atoms. The summed E-state index contributed by atoms with van der Waals surface area (Å²) in [7, 11) is 0. The maximum absolute atomic E-state index is 11.7. The molecule has 0 aliphatic carbocycles. The van der Waals surface area contributed by atoms with Crippen molar-refractivity contribution in [1.29, 1.82) is 0 Å². The lowest BCUT2D eigenvalue weighted by Crippen LogP contribution is -2.29. The van der Waals surface area contributed by atoms with Crippen LogP contribution < -0.4 is 5.32 Å². The number of hydrogen-bond acceptors (Lipinski definition) is 3. The third kappa shape index (κ3) is 6.96. The van der Waals surface area contributed by atoms with E-state index in [4.69, 9.17) is 5.11 Å². The fourth-order valence-corrected chi connectivity index (χ4v) is 2.42. The number of thiophene rings is 1. The van der Waals surface area contributed by atoms with Gasteiger partial charge in [-0.2, -0.15) is 11.3 Å². The first-order chi connectivity index (χ1) is 8.89. The second kappa shape index (κ2) is 7.28. The summed E-state index contributed by atoms with van der Waals surface area (Å²) in [5.41, 5.74) is 0.973. The van der Waals surface area contributed by atoms with Gasteiger partial charge >= 0.3 is 5.97 Å². The Labute approximate surface area is 117 Å². The second-order valence-electron chi connectivity index (χ2n) is 5.47. The standard InChI is InChI=1S/C14H21NO3S/c1-14(2,5-3-13(17)18)6-7-15-12(16)9-11-4-8-19-10-11/h4,8,10H,3,5-7,9H2,1-2H3,(H,15,16)(H,17,18). The van der Waals surface area contributed by atoms with E-state index in [-0.39, 0.29) is 17.7 Å². The number of carboxylic acid groups (broad SMARTS) is 1. The minimum atomic E-state index is -0.769. The van der Waals surface area contributed by atoms with E-state index >= 15 is 0 Å². The number of rotatable bonds is 8. The Morgan fingerprint density at radius 2 is 2.11 bits per heavy atom. The quantitative estimate of drug-likeness (QED) is 0.771.